The van der Waals surface area contributed by atoms with Gasteiger partial charge >= 0.3 is 0 Å². The van der Waals surface area contributed by atoms with E-state index in [-0.39, 0.29) is 0 Å². The predicted molar refractivity (Wildman–Crippen MR) is 66.4 cm³/mol. The van der Waals surface area contributed by atoms with Crippen molar-refractivity contribution >= 4 is 0 Å². The number of ether oxygens (including phenoxy) is 2. The van der Waals surface area contributed by atoms with Crippen LogP contribution in [0.1, 0.15) is 32.8 Å². The molecule has 1 aromatic carbocycles. The molecule has 16 heavy (non-hydrogen) atoms. The molecule has 1 aromatic rings. The van der Waals surface area contributed by atoms with Gasteiger partial charge in [-0.2, -0.15) is 0 Å². The van der Waals surface area contributed by atoms with E-state index in [1.807, 2.05) is 26.8 Å². The molecule has 0 radical (unpaired) electrons. The van der Waals surface area contributed by atoms with Crippen LogP contribution in [-0.2, 0) is 15.9 Å². The monoisotopic (exact) mass is 222 g/mol. The Morgan fingerprint density at radius 1 is 1.00 bits per heavy atom. The zero-order chi connectivity index (χ0) is 11.9. The number of hydrogen-bond donors (Lipinski definition) is 0. The van der Waals surface area contributed by atoms with Gasteiger partial charge < -0.3 is 9.47 Å². The molecule has 0 aromatic heterocycles. The predicted octanol–water partition coefficient (Wildman–Crippen LogP) is 3.41. The molecule has 0 aliphatic carbocycles. The van der Waals surface area contributed by atoms with Gasteiger partial charge in [0.05, 0.1) is 0 Å². The highest BCUT2D eigenvalue weighted by Crippen LogP contribution is 2.20. The highest BCUT2D eigenvalue weighted by molar-refractivity contribution is 5.14. The molecule has 0 saturated heterocycles. The Bertz CT molecular complexity index is 276. The summed E-state index contributed by atoms with van der Waals surface area (Å²) >= 11 is 0. The highest BCUT2D eigenvalue weighted by Gasteiger charge is 2.24. The largest absolute Gasteiger partial charge is 0.351 e. The summed E-state index contributed by atoms with van der Waals surface area (Å²) in [4.78, 5) is 0. The van der Waals surface area contributed by atoms with Crippen LogP contribution in [0.3, 0.4) is 0 Å². The minimum atomic E-state index is -0.445. The van der Waals surface area contributed by atoms with E-state index in [0.717, 1.165) is 12.8 Å². The van der Waals surface area contributed by atoms with E-state index in [0.29, 0.717) is 13.2 Å². The van der Waals surface area contributed by atoms with E-state index < -0.39 is 5.79 Å². The standard InChI is InChI=1S/C14H22O2/c1-4-15-14(3,16-5-2)12-11-13-9-7-6-8-10-13/h6-10H,4-5,11-12H2,1-3H3. The van der Waals surface area contributed by atoms with Crippen LogP contribution in [-0.4, -0.2) is 19.0 Å². The molecule has 0 unspecified atom stereocenters. The lowest BCUT2D eigenvalue weighted by molar-refractivity contribution is -0.224. The van der Waals surface area contributed by atoms with Gasteiger partial charge in [0, 0.05) is 19.6 Å². The molecule has 0 atom stereocenters. The lowest BCUT2D eigenvalue weighted by Gasteiger charge is -2.29. The third-order valence-corrected chi connectivity index (χ3v) is 2.61. The van der Waals surface area contributed by atoms with Crippen LogP contribution in [0.25, 0.3) is 0 Å². The van der Waals surface area contributed by atoms with Crippen LogP contribution < -0.4 is 0 Å². The van der Waals surface area contributed by atoms with Crippen LogP contribution in [0.5, 0.6) is 0 Å². The maximum absolute atomic E-state index is 5.67. The maximum atomic E-state index is 5.67. The van der Waals surface area contributed by atoms with Crippen molar-refractivity contribution < 1.29 is 9.47 Å². The molecule has 90 valence electrons. The Hall–Kier alpha value is -0.860. The van der Waals surface area contributed by atoms with Gasteiger partial charge in [-0.15, -0.1) is 0 Å². The highest BCUT2D eigenvalue weighted by atomic mass is 16.7. The molecule has 0 heterocycles. The summed E-state index contributed by atoms with van der Waals surface area (Å²) in [6, 6.07) is 10.4. The normalized spacial score (nSPS) is 11.7. The van der Waals surface area contributed by atoms with Gasteiger partial charge in [-0.1, -0.05) is 30.3 Å². The zero-order valence-corrected chi connectivity index (χ0v) is 10.5. The fourth-order valence-electron chi connectivity index (χ4n) is 1.81. The molecule has 0 amide bonds. The first-order valence-corrected chi connectivity index (χ1v) is 6.02. The molecular weight excluding hydrogens is 200 g/mol. The average molecular weight is 222 g/mol. The zero-order valence-electron chi connectivity index (χ0n) is 10.5. The molecular formula is C14H22O2. The summed E-state index contributed by atoms with van der Waals surface area (Å²) in [5.74, 6) is -0.445. The van der Waals surface area contributed by atoms with Gasteiger partial charge in [-0.25, -0.2) is 0 Å². The van der Waals surface area contributed by atoms with Crippen LogP contribution in [0.2, 0.25) is 0 Å². The van der Waals surface area contributed by atoms with Crippen LogP contribution in [0, 0.1) is 0 Å². The second-order valence-corrected chi connectivity index (χ2v) is 3.99. The quantitative estimate of drug-likeness (QED) is 0.658. The maximum Gasteiger partial charge on any atom is 0.165 e. The van der Waals surface area contributed by atoms with Gasteiger partial charge in [0.25, 0.3) is 0 Å². The topological polar surface area (TPSA) is 18.5 Å². The summed E-state index contributed by atoms with van der Waals surface area (Å²) in [6.07, 6.45) is 1.87. The first-order valence-electron chi connectivity index (χ1n) is 6.02. The lowest BCUT2D eigenvalue weighted by atomic mass is 10.1. The molecule has 0 aliphatic heterocycles. The van der Waals surface area contributed by atoms with Crippen molar-refractivity contribution in [3.63, 3.8) is 0 Å². The summed E-state index contributed by atoms with van der Waals surface area (Å²) in [5, 5.41) is 0. The number of benzene rings is 1. The first-order chi connectivity index (χ1) is 7.70. The molecule has 0 saturated carbocycles. The van der Waals surface area contributed by atoms with Gasteiger partial charge in [-0.3, -0.25) is 0 Å². The second kappa shape index (κ2) is 6.66. The van der Waals surface area contributed by atoms with Crippen molar-refractivity contribution in [3.8, 4) is 0 Å². The second-order valence-electron chi connectivity index (χ2n) is 3.99. The van der Waals surface area contributed by atoms with Crippen LogP contribution in [0.4, 0.5) is 0 Å². The summed E-state index contributed by atoms with van der Waals surface area (Å²) in [7, 11) is 0. The van der Waals surface area contributed by atoms with Gasteiger partial charge in [0.15, 0.2) is 5.79 Å². The van der Waals surface area contributed by atoms with Gasteiger partial charge in [0.2, 0.25) is 0 Å². The molecule has 0 bridgehead atoms. The van der Waals surface area contributed by atoms with Crippen molar-refractivity contribution in [2.75, 3.05) is 13.2 Å². The molecule has 0 spiro atoms. The van der Waals surface area contributed by atoms with Crippen molar-refractivity contribution in [3.05, 3.63) is 35.9 Å². The van der Waals surface area contributed by atoms with E-state index in [4.69, 9.17) is 9.47 Å². The summed E-state index contributed by atoms with van der Waals surface area (Å²) in [5.41, 5.74) is 1.33. The fourth-order valence-corrected chi connectivity index (χ4v) is 1.81. The first kappa shape index (κ1) is 13.2. The van der Waals surface area contributed by atoms with E-state index >= 15 is 0 Å². The molecule has 2 nitrogen and oxygen atoms in total. The molecule has 1 rings (SSSR count). The molecule has 0 fully saturated rings. The Labute approximate surface area is 98.6 Å². The van der Waals surface area contributed by atoms with Crippen molar-refractivity contribution in [2.45, 2.75) is 39.4 Å². The van der Waals surface area contributed by atoms with Crippen molar-refractivity contribution in [2.24, 2.45) is 0 Å². The van der Waals surface area contributed by atoms with Crippen LogP contribution >= 0.6 is 0 Å². The van der Waals surface area contributed by atoms with Crippen molar-refractivity contribution in [1.29, 1.82) is 0 Å². The van der Waals surface area contributed by atoms with Gasteiger partial charge in [-0.05, 0) is 32.8 Å². The third-order valence-electron chi connectivity index (χ3n) is 2.61. The molecule has 0 N–H and O–H groups in total. The fraction of sp³-hybridized carbons (Fsp3) is 0.571. The minimum absolute atomic E-state index is 0.445. The number of aryl methyl sites for hydroxylation is 1. The Morgan fingerprint density at radius 2 is 1.56 bits per heavy atom. The minimum Gasteiger partial charge on any atom is -0.351 e. The number of hydrogen-bond acceptors (Lipinski definition) is 2. The number of rotatable bonds is 7. The van der Waals surface area contributed by atoms with E-state index in [9.17, 15) is 0 Å². The smallest absolute Gasteiger partial charge is 0.165 e. The summed E-state index contributed by atoms with van der Waals surface area (Å²) < 4.78 is 11.3. The molecule has 0 aliphatic rings. The SMILES string of the molecule is CCOC(C)(CCc1ccccc1)OCC. The Balaban J connectivity index is 2.49. The molecule has 2 heteroatoms. The van der Waals surface area contributed by atoms with E-state index in [2.05, 4.69) is 24.3 Å². The van der Waals surface area contributed by atoms with Crippen molar-refractivity contribution in [1.82, 2.24) is 0 Å². The Morgan fingerprint density at radius 3 is 2.06 bits per heavy atom. The van der Waals surface area contributed by atoms with E-state index in [1.54, 1.807) is 0 Å². The summed E-state index contributed by atoms with van der Waals surface area (Å²) in [6.45, 7) is 7.39. The van der Waals surface area contributed by atoms with E-state index in [1.165, 1.54) is 5.56 Å². The lowest BCUT2D eigenvalue weighted by Crippen LogP contribution is -2.33. The van der Waals surface area contributed by atoms with Gasteiger partial charge in [0.1, 0.15) is 0 Å². The van der Waals surface area contributed by atoms with Crippen LogP contribution in [0.15, 0.2) is 30.3 Å². The third kappa shape index (κ3) is 4.33. The average Bonchev–Trinajstić information content (AvgIpc) is 2.29. The Kier molecular flexibility index (Phi) is 5.50.